The van der Waals surface area contributed by atoms with Crippen molar-refractivity contribution in [1.29, 1.82) is 0 Å². The third kappa shape index (κ3) is 7.16. The zero-order valence-electron chi connectivity index (χ0n) is 17.7. The van der Waals surface area contributed by atoms with Crippen molar-refractivity contribution in [3.63, 3.8) is 0 Å². The lowest BCUT2D eigenvalue weighted by Crippen LogP contribution is -2.46. The summed E-state index contributed by atoms with van der Waals surface area (Å²) in [5.41, 5.74) is 1.15. The van der Waals surface area contributed by atoms with Crippen molar-refractivity contribution < 1.29 is 4.74 Å². The minimum atomic E-state index is 0. The van der Waals surface area contributed by atoms with Gasteiger partial charge in [0.2, 0.25) is 0 Å². The van der Waals surface area contributed by atoms with E-state index in [2.05, 4.69) is 58.4 Å². The highest BCUT2D eigenvalue weighted by Crippen LogP contribution is 2.27. The number of thiazole rings is 1. The van der Waals surface area contributed by atoms with Gasteiger partial charge >= 0.3 is 0 Å². The number of hydrogen-bond acceptors (Lipinski definition) is 6. The van der Waals surface area contributed by atoms with Crippen LogP contribution in [0.4, 0.5) is 0 Å². The van der Waals surface area contributed by atoms with Gasteiger partial charge in [-0.05, 0) is 32.9 Å². The van der Waals surface area contributed by atoms with Crippen molar-refractivity contribution in [1.82, 2.24) is 20.5 Å². The maximum Gasteiger partial charge on any atom is 0.191 e. The van der Waals surface area contributed by atoms with E-state index < -0.39 is 0 Å². The fourth-order valence-corrected chi connectivity index (χ4v) is 5.39. The summed E-state index contributed by atoms with van der Waals surface area (Å²) in [5, 5.41) is 8.11. The molecule has 0 aliphatic carbocycles. The molecule has 3 rings (SSSR count). The van der Waals surface area contributed by atoms with E-state index in [0.29, 0.717) is 6.04 Å². The highest BCUT2D eigenvalue weighted by Gasteiger charge is 2.24. The first-order valence-electron chi connectivity index (χ1n) is 9.82. The number of guanidine groups is 1. The van der Waals surface area contributed by atoms with E-state index in [9.17, 15) is 0 Å². The molecule has 0 spiro atoms. The first-order chi connectivity index (χ1) is 13.6. The Balaban J connectivity index is 0.00000300. The third-order valence-corrected chi connectivity index (χ3v) is 7.14. The summed E-state index contributed by atoms with van der Waals surface area (Å²) in [6, 6.07) is 4.81. The molecule has 1 aliphatic heterocycles. The van der Waals surface area contributed by atoms with E-state index in [0.717, 1.165) is 62.5 Å². The summed E-state index contributed by atoms with van der Waals surface area (Å²) in [7, 11) is 1.83. The van der Waals surface area contributed by atoms with Gasteiger partial charge in [0.1, 0.15) is 0 Å². The highest BCUT2D eigenvalue weighted by molar-refractivity contribution is 14.0. The van der Waals surface area contributed by atoms with Gasteiger partial charge in [-0.15, -0.1) is 46.7 Å². The normalized spacial score (nSPS) is 16.3. The molecule has 9 heteroatoms. The number of thiophene rings is 1. The number of morpholine rings is 1. The van der Waals surface area contributed by atoms with Gasteiger partial charge in [-0.2, -0.15) is 0 Å². The fraction of sp³-hybridized carbons (Fsp3) is 0.600. The number of halogens is 1. The number of nitrogens with one attached hydrogen (secondary N) is 2. The van der Waals surface area contributed by atoms with Crippen LogP contribution >= 0.6 is 46.7 Å². The van der Waals surface area contributed by atoms with Crippen LogP contribution in [0.1, 0.15) is 31.4 Å². The molecule has 1 unspecified atom stereocenters. The summed E-state index contributed by atoms with van der Waals surface area (Å²) in [6.07, 6.45) is 0.967. The van der Waals surface area contributed by atoms with E-state index in [4.69, 9.17) is 4.74 Å². The Morgan fingerprint density at radius 2 is 1.97 bits per heavy atom. The number of aromatic nitrogens is 1. The van der Waals surface area contributed by atoms with Gasteiger partial charge in [-0.3, -0.25) is 9.89 Å². The Hall–Kier alpha value is -0.750. The molecule has 0 saturated carbocycles. The average Bonchev–Trinajstić information content (AvgIpc) is 3.26. The molecule has 1 atom stereocenters. The SMILES string of the molecule is CN=C(NCCc1sc(C)nc1C)NCC(c1ccc(C)s1)N1CCOCC1.I. The Morgan fingerprint density at radius 1 is 1.21 bits per heavy atom. The van der Waals surface area contributed by atoms with E-state index >= 15 is 0 Å². The molecule has 2 N–H and O–H groups in total. The zero-order chi connectivity index (χ0) is 19.9. The molecule has 2 aromatic rings. The Kier molecular flexibility index (Phi) is 10.3. The number of nitrogens with zero attached hydrogens (tertiary/aromatic N) is 3. The molecule has 0 bridgehead atoms. The van der Waals surface area contributed by atoms with Crippen LogP contribution in [-0.4, -0.2) is 62.3 Å². The summed E-state index contributed by atoms with van der Waals surface area (Å²) >= 11 is 3.66. The summed E-state index contributed by atoms with van der Waals surface area (Å²) in [4.78, 5) is 15.5. The number of rotatable bonds is 7. The average molecular weight is 550 g/mol. The van der Waals surface area contributed by atoms with Crippen molar-refractivity contribution in [2.24, 2.45) is 4.99 Å². The van der Waals surface area contributed by atoms with Gasteiger partial charge in [0, 0.05) is 54.3 Å². The van der Waals surface area contributed by atoms with Gasteiger partial charge in [0.15, 0.2) is 5.96 Å². The largest absolute Gasteiger partial charge is 0.379 e. The minimum absolute atomic E-state index is 0. The lowest BCUT2D eigenvalue weighted by Gasteiger charge is -2.34. The molecule has 29 heavy (non-hydrogen) atoms. The second-order valence-electron chi connectivity index (χ2n) is 6.98. The lowest BCUT2D eigenvalue weighted by atomic mass is 10.2. The second-order valence-corrected chi connectivity index (χ2v) is 9.59. The van der Waals surface area contributed by atoms with Gasteiger partial charge < -0.3 is 15.4 Å². The van der Waals surface area contributed by atoms with Crippen LogP contribution in [0.5, 0.6) is 0 Å². The summed E-state index contributed by atoms with van der Waals surface area (Å²) in [6.45, 7) is 11.6. The van der Waals surface area contributed by atoms with Gasteiger partial charge in [-0.25, -0.2) is 4.98 Å². The Bertz CT molecular complexity index is 786. The standard InChI is InChI=1S/C20H31N5OS2.HI/c1-14-5-6-19(27-14)17(25-9-11-26-12-10-25)13-23-20(21-4)22-8-7-18-15(2)24-16(3)28-18;/h5-6,17H,7-13H2,1-4H3,(H2,21,22,23);1H. The summed E-state index contributed by atoms with van der Waals surface area (Å²) < 4.78 is 5.55. The molecule has 6 nitrogen and oxygen atoms in total. The molecular weight excluding hydrogens is 517 g/mol. The predicted molar refractivity (Wildman–Crippen MR) is 134 cm³/mol. The molecule has 1 fully saturated rings. The van der Waals surface area contributed by atoms with Crippen molar-refractivity contribution in [2.45, 2.75) is 33.2 Å². The molecule has 0 radical (unpaired) electrons. The van der Waals surface area contributed by atoms with E-state index in [1.807, 2.05) is 18.4 Å². The fourth-order valence-electron chi connectivity index (χ4n) is 3.45. The summed E-state index contributed by atoms with van der Waals surface area (Å²) in [5.74, 6) is 0.852. The third-order valence-electron chi connectivity index (χ3n) is 4.91. The topological polar surface area (TPSA) is 61.8 Å². The first kappa shape index (κ1) is 24.5. The molecule has 3 heterocycles. The Labute approximate surface area is 199 Å². The molecule has 0 amide bonds. The van der Waals surface area contributed by atoms with Crippen LogP contribution in [0.25, 0.3) is 0 Å². The highest BCUT2D eigenvalue weighted by atomic mass is 127. The van der Waals surface area contributed by atoms with Crippen molar-refractivity contribution >= 4 is 52.6 Å². The number of ether oxygens (including phenoxy) is 1. The van der Waals surface area contributed by atoms with Crippen molar-refractivity contribution in [3.05, 3.63) is 37.5 Å². The number of aliphatic imine (C=N–C) groups is 1. The molecule has 162 valence electrons. The Morgan fingerprint density at radius 3 is 2.55 bits per heavy atom. The smallest absolute Gasteiger partial charge is 0.191 e. The first-order valence-corrected chi connectivity index (χ1v) is 11.5. The second kappa shape index (κ2) is 12.2. The van der Waals surface area contributed by atoms with Gasteiger partial charge in [-0.1, -0.05) is 0 Å². The van der Waals surface area contributed by atoms with Crippen LogP contribution in [0.3, 0.4) is 0 Å². The van der Waals surface area contributed by atoms with E-state index in [1.165, 1.54) is 14.6 Å². The maximum absolute atomic E-state index is 5.55. The van der Waals surface area contributed by atoms with Crippen LogP contribution < -0.4 is 10.6 Å². The van der Waals surface area contributed by atoms with Crippen molar-refractivity contribution in [2.75, 3.05) is 46.4 Å². The van der Waals surface area contributed by atoms with Gasteiger partial charge in [0.25, 0.3) is 0 Å². The van der Waals surface area contributed by atoms with Crippen LogP contribution in [0.2, 0.25) is 0 Å². The molecule has 1 aliphatic rings. The molecule has 1 saturated heterocycles. The predicted octanol–water partition coefficient (Wildman–Crippen LogP) is 3.53. The zero-order valence-corrected chi connectivity index (χ0v) is 21.6. The van der Waals surface area contributed by atoms with Crippen LogP contribution in [0, 0.1) is 20.8 Å². The number of hydrogen-bond donors (Lipinski definition) is 2. The van der Waals surface area contributed by atoms with Crippen LogP contribution in [-0.2, 0) is 11.2 Å². The monoisotopic (exact) mass is 549 g/mol. The number of aryl methyl sites for hydroxylation is 3. The minimum Gasteiger partial charge on any atom is -0.379 e. The van der Waals surface area contributed by atoms with Crippen LogP contribution in [0.15, 0.2) is 17.1 Å². The van der Waals surface area contributed by atoms with E-state index in [1.54, 1.807) is 11.3 Å². The quantitative estimate of drug-likeness (QED) is 0.315. The maximum atomic E-state index is 5.55. The van der Waals surface area contributed by atoms with Crippen molar-refractivity contribution in [3.8, 4) is 0 Å². The van der Waals surface area contributed by atoms with E-state index in [-0.39, 0.29) is 24.0 Å². The van der Waals surface area contributed by atoms with Gasteiger partial charge in [0.05, 0.1) is 30.0 Å². The lowest BCUT2D eigenvalue weighted by molar-refractivity contribution is 0.0177. The molecule has 2 aromatic heterocycles. The molecule has 0 aromatic carbocycles. The molecular formula is C20H32IN5OS2.